The molecule has 0 saturated carbocycles. The van der Waals surface area contributed by atoms with Crippen LogP contribution < -0.4 is 10.5 Å². The second kappa shape index (κ2) is 6.07. The average molecular weight is 344 g/mol. The Morgan fingerprint density at radius 1 is 1.58 bits per heavy atom. The Morgan fingerprint density at radius 3 is 2.84 bits per heavy atom. The van der Waals surface area contributed by atoms with Gasteiger partial charge in [0.15, 0.2) is 0 Å². The van der Waals surface area contributed by atoms with Crippen LogP contribution in [0, 0.1) is 0 Å². The van der Waals surface area contributed by atoms with Crippen molar-refractivity contribution in [3.05, 3.63) is 32.2 Å². The van der Waals surface area contributed by atoms with E-state index in [1.54, 1.807) is 18.4 Å². The van der Waals surface area contributed by atoms with Crippen molar-refractivity contribution in [2.24, 2.45) is 12.8 Å². The van der Waals surface area contributed by atoms with E-state index in [4.69, 9.17) is 10.5 Å². The maximum Gasteiger partial charge on any atom is 0.129 e. The highest BCUT2D eigenvalue weighted by Crippen LogP contribution is 2.30. The Morgan fingerprint density at radius 2 is 2.32 bits per heavy atom. The second-order valence-corrected chi connectivity index (χ2v) is 6.12. The predicted octanol–water partition coefficient (Wildman–Crippen LogP) is 3.06. The average Bonchev–Trinajstić information content (AvgIpc) is 2.98. The van der Waals surface area contributed by atoms with Crippen molar-refractivity contribution in [2.45, 2.75) is 25.8 Å². The highest BCUT2D eigenvalue weighted by molar-refractivity contribution is 9.10. The third-order valence-electron chi connectivity index (χ3n) is 3.11. The Hall–Kier alpha value is -0.850. The molecule has 2 rings (SSSR count). The maximum atomic E-state index is 6.28. The molecule has 0 bridgehead atoms. The first-order valence-electron chi connectivity index (χ1n) is 6.15. The summed E-state index contributed by atoms with van der Waals surface area (Å²) in [4.78, 5) is 1.13. The summed E-state index contributed by atoms with van der Waals surface area (Å²) in [5, 5.41) is 6.47. The Bertz CT molecular complexity index is 564. The van der Waals surface area contributed by atoms with Crippen molar-refractivity contribution in [3.63, 3.8) is 0 Å². The summed E-state index contributed by atoms with van der Waals surface area (Å²) in [7, 11) is 3.63. The first-order chi connectivity index (χ1) is 9.06. The van der Waals surface area contributed by atoms with Crippen LogP contribution in [0.2, 0.25) is 0 Å². The smallest absolute Gasteiger partial charge is 0.129 e. The summed E-state index contributed by atoms with van der Waals surface area (Å²) in [6.07, 6.45) is 1.67. The second-order valence-electron chi connectivity index (χ2n) is 4.38. The zero-order chi connectivity index (χ0) is 14.0. The molecule has 6 heteroatoms. The normalized spacial score (nSPS) is 12.7. The zero-order valence-corrected chi connectivity index (χ0v) is 13.7. The molecule has 0 fully saturated rings. The molecule has 2 aromatic rings. The zero-order valence-electron chi connectivity index (χ0n) is 11.3. The molecule has 0 aliphatic rings. The summed E-state index contributed by atoms with van der Waals surface area (Å²) in [5.74, 6) is 0.869. The van der Waals surface area contributed by atoms with Crippen LogP contribution in [0.3, 0.4) is 0 Å². The molecule has 2 aromatic heterocycles. The lowest BCUT2D eigenvalue weighted by atomic mass is 10.1. The highest BCUT2D eigenvalue weighted by Gasteiger charge is 2.17. The van der Waals surface area contributed by atoms with E-state index in [-0.39, 0.29) is 6.04 Å². The molecule has 2 N–H and O–H groups in total. The molecule has 1 atom stereocenters. The van der Waals surface area contributed by atoms with Gasteiger partial charge in [0.05, 0.1) is 23.0 Å². The Balaban J connectivity index is 2.18. The molecule has 0 spiro atoms. The number of ether oxygens (including phenoxy) is 1. The summed E-state index contributed by atoms with van der Waals surface area (Å²) in [6.45, 7) is 2.10. The van der Waals surface area contributed by atoms with Crippen molar-refractivity contribution >= 4 is 27.3 Å². The molecular formula is C13H18BrN3OS. The molecule has 0 aliphatic heterocycles. The SMILES string of the molecule is CCc1nn(C)c(CC(N)c2cc(OC)cs2)c1Br. The Kier molecular flexibility index (Phi) is 4.65. The lowest BCUT2D eigenvalue weighted by molar-refractivity contribution is 0.416. The number of hydrogen-bond acceptors (Lipinski definition) is 4. The first-order valence-corrected chi connectivity index (χ1v) is 7.82. The van der Waals surface area contributed by atoms with Crippen molar-refractivity contribution in [1.82, 2.24) is 9.78 Å². The fraction of sp³-hybridized carbons (Fsp3) is 0.462. The first kappa shape index (κ1) is 14.6. The van der Waals surface area contributed by atoms with Crippen molar-refractivity contribution < 1.29 is 4.74 Å². The minimum atomic E-state index is -0.0368. The van der Waals surface area contributed by atoms with Gasteiger partial charge in [-0.1, -0.05) is 6.92 Å². The summed E-state index contributed by atoms with van der Waals surface area (Å²) in [5.41, 5.74) is 8.49. The van der Waals surface area contributed by atoms with E-state index in [2.05, 4.69) is 28.0 Å². The van der Waals surface area contributed by atoms with E-state index in [0.717, 1.165) is 39.3 Å². The molecule has 19 heavy (non-hydrogen) atoms. The predicted molar refractivity (Wildman–Crippen MR) is 81.8 cm³/mol. The van der Waals surface area contributed by atoms with Gasteiger partial charge in [-0.15, -0.1) is 11.3 Å². The number of rotatable bonds is 5. The summed E-state index contributed by atoms with van der Waals surface area (Å²) >= 11 is 5.25. The quantitative estimate of drug-likeness (QED) is 0.907. The number of hydrogen-bond donors (Lipinski definition) is 1. The fourth-order valence-corrected chi connectivity index (χ4v) is 3.62. The van der Waals surface area contributed by atoms with Crippen LogP contribution >= 0.6 is 27.3 Å². The van der Waals surface area contributed by atoms with Crippen LogP contribution in [0.25, 0.3) is 0 Å². The monoisotopic (exact) mass is 343 g/mol. The van der Waals surface area contributed by atoms with Gasteiger partial charge in [-0.3, -0.25) is 4.68 Å². The molecule has 0 radical (unpaired) electrons. The number of nitrogens with two attached hydrogens (primary N) is 1. The van der Waals surface area contributed by atoms with E-state index < -0.39 is 0 Å². The lowest BCUT2D eigenvalue weighted by Gasteiger charge is -2.10. The molecule has 2 heterocycles. The maximum absolute atomic E-state index is 6.28. The van der Waals surface area contributed by atoms with Gasteiger partial charge in [-0.25, -0.2) is 0 Å². The third kappa shape index (κ3) is 3.01. The molecule has 0 aliphatic carbocycles. The van der Waals surface area contributed by atoms with Crippen LogP contribution in [-0.2, 0) is 19.9 Å². The standard InChI is InChI=1S/C13H18BrN3OS/c1-4-10-13(14)11(17(2)16-10)6-9(15)12-5-8(18-3)7-19-12/h5,7,9H,4,6,15H2,1-3H3. The van der Waals surface area contributed by atoms with Crippen molar-refractivity contribution in [3.8, 4) is 5.75 Å². The topological polar surface area (TPSA) is 53.1 Å². The van der Waals surface area contributed by atoms with Gasteiger partial charge in [0, 0.05) is 29.8 Å². The van der Waals surface area contributed by atoms with Crippen LogP contribution in [0.1, 0.15) is 29.2 Å². The van der Waals surface area contributed by atoms with Gasteiger partial charge in [-0.05, 0) is 28.4 Å². The minimum absolute atomic E-state index is 0.0368. The van der Waals surface area contributed by atoms with Gasteiger partial charge < -0.3 is 10.5 Å². The van der Waals surface area contributed by atoms with Gasteiger partial charge in [-0.2, -0.15) is 5.10 Å². The summed E-state index contributed by atoms with van der Waals surface area (Å²) in [6, 6.07) is 1.96. The Labute approximate surface area is 125 Å². The number of methoxy groups -OCH3 is 1. The molecule has 0 amide bonds. The van der Waals surface area contributed by atoms with Gasteiger partial charge in [0.25, 0.3) is 0 Å². The number of thiophene rings is 1. The van der Waals surface area contributed by atoms with Crippen LogP contribution in [0.15, 0.2) is 15.9 Å². The van der Waals surface area contributed by atoms with E-state index in [1.165, 1.54) is 0 Å². The van der Waals surface area contributed by atoms with E-state index >= 15 is 0 Å². The number of halogens is 1. The highest BCUT2D eigenvalue weighted by atomic mass is 79.9. The van der Waals surface area contributed by atoms with Gasteiger partial charge in [0.1, 0.15) is 5.75 Å². The molecule has 0 saturated heterocycles. The number of aryl methyl sites for hydroxylation is 2. The number of nitrogens with zero attached hydrogens (tertiary/aromatic N) is 2. The molecule has 4 nitrogen and oxygen atoms in total. The largest absolute Gasteiger partial charge is 0.496 e. The van der Waals surface area contributed by atoms with Gasteiger partial charge >= 0.3 is 0 Å². The van der Waals surface area contributed by atoms with E-state index in [0.29, 0.717) is 0 Å². The fourth-order valence-electron chi connectivity index (χ4n) is 1.99. The van der Waals surface area contributed by atoms with Crippen molar-refractivity contribution in [1.29, 1.82) is 0 Å². The van der Waals surface area contributed by atoms with Crippen molar-refractivity contribution in [2.75, 3.05) is 7.11 Å². The minimum Gasteiger partial charge on any atom is -0.496 e. The van der Waals surface area contributed by atoms with Crippen LogP contribution in [0.5, 0.6) is 5.75 Å². The molecule has 104 valence electrons. The lowest BCUT2D eigenvalue weighted by Crippen LogP contribution is -2.14. The molecule has 1 unspecified atom stereocenters. The van der Waals surface area contributed by atoms with E-state index in [9.17, 15) is 0 Å². The van der Waals surface area contributed by atoms with Crippen LogP contribution in [0.4, 0.5) is 0 Å². The van der Waals surface area contributed by atoms with E-state index in [1.807, 2.05) is 23.2 Å². The third-order valence-corrected chi connectivity index (χ3v) is 5.07. The van der Waals surface area contributed by atoms with Gasteiger partial charge in [0.2, 0.25) is 0 Å². The molecular weight excluding hydrogens is 326 g/mol. The summed E-state index contributed by atoms with van der Waals surface area (Å²) < 4.78 is 8.18. The number of aromatic nitrogens is 2. The van der Waals surface area contributed by atoms with Crippen LogP contribution in [-0.4, -0.2) is 16.9 Å². The molecule has 0 aromatic carbocycles.